The van der Waals surface area contributed by atoms with Crippen molar-refractivity contribution < 1.29 is 9.47 Å². The van der Waals surface area contributed by atoms with Gasteiger partial charge in [-0.25, -0.2) is 0 Å². The lowest BCUT2D eigenvalue weighted by Crippen LogP contribution is -2.31. The Morgan fingerprint density at radius 2 is 1.94 bits per heavy atom. The molecule has 104 valence electrons. The van der Waals surface area contributed by atoms with Crippen LogP contribution >= 0.6 is 0 Å². The van der Waals surface area contributed by atoms with Gasteiger partial charge in [0.1, 0.15) is 0 Å². The lowest BCUT2D eigenvalue weighted by molar-refractivity contribution is 0.120. The summed E-state index contributed by atoms with van der Waals surface area (Å²) in [6.45, 7) is 9.28. The molecule has 18 heavy (non-hydrogen) atoms. The summed E-state index contributed by atoms with van der Waals surface area (Å²) >= 11 is 0. The fraction of sp³-hybridized carbons (Fsp3) is 1.00. The molecule has 0 spiro atoms. The zero-order valence-corrected chi connectivity index (χ0v) is 12.4. The Balaban J connectivity index is 1.55. The van der Waals surface area contributed by atoms with E-state index >= 15 is 0 Å². The predicted octanol–water partition coefficient (Wildman–Crippen LogP) is 3.93. The van der Waals surface area contributed by atoms with E-state index in [-0.39, 0.29) is 5.60 Å². The molecule has 1 aliphatic carbocycles. The van der Waals surface area contributed by atoms with E-state index in [4.69, 9.17) is 9.47 Å². The molecular weight excluding hydrogens is 224 g/mol. The Morgan fingerprint density at radius 3 is 2.50 bits per heavy atom. The molecule has 0 aromatic heterocycles. The molecule has 1 saturated carbocycles. The first-order valence-electron chi connectivity index (χ1n) is 7.78. The highest BCUT2D eigenvalue weighted by Crippen LogP contribution is 2.51. The van der Waals surface area contributed by atoms with Gasteiger partial charge in [-0.05, 0) is 57.3 Å². The van der Waals surface area contributed by atoms with E-state index in [1.807, 2.05) is 0 Å². The van der Waals surface area contributed by atoms with Gasteiger partial charge < -0.3 is 9.47 Å². The van der Waals surface area contributed by atoms with Gasteiger partial charge in [0.15, 0.2) is 0 Å². The van der Waals surface area contributed by atoms with E-state index in [2.05, 4.69) is 27.7 Å². The maximum Gasteiger partial charge on any atom is 0.0892 e. The Labute approximate surface area is 111 Å². The van der Waals surface area contributed by atoms with Gasteiger partial charge in [0.05, 0.1) is 23.9 Å². The normalized spacial score (nSPS) is 44.0. The van der Waals surface area contributed by atoms with Gasteiger partial charge in [-0.2, -0.15) is 0 Å². The molecule has 0 N–H and O–H groups in total. The van der Waals surface area contributed by atoms with Gasteiger partial charge >= 0.3 is 0 Å². The van der Waals surface area contributed by atoms with Gasteiger partial charge in [-0.3, -0.25) is 0 Å². The number of hydrogen-bond donors (Lipinski definition) is 0. The van der Waals surface area contributed by atoms with Crippen molar-refractivity contribution in [2.24, 2.45) is 11.3 Å². The Bertz CT molecular complexity index is 325. The molecule has 5 atom stereocenters. The van der Waals surface area contributed by atoms with Gasteiger partial charge in [-0.1, -0.05) is 20.3 Å². The van der Waals surface area contributed by atoms with E-state index in [1.54, 1.807) is 0 Å². The summed E-state index contributed by atoms with van der Waals surface area (Å²) in [5, 5.41) is 0. The number of fused-ring (bicyclic) bond motifs is 1. The van der Waals surface area contributed by atoms with Crippen molar-refractivity contribution in [2.45, 2.75) is 90.1 Å². The molecule has 2 aliphatic heterocycles. The minimum Gasteiger partial charge on any atom is -0.370 e. The van der Waals surface area contributed by atoms with Crippen molar-refractivity contribution in [3.8, 4) is 0 Å². The Morgan fingerprint density at radius 1 is 1.22 bits per heavy atom. The van der Waals surface area contributed by atoms with Crippen LogP contribution in [0.25, 0.3) is 0 Å². The second-order valence-corrected chi connectivity index (χ2v) is 7.48. The molecule has 0 aromatic carbocycles. The summed E-state index contributed by atoms with van der Waals surface area (Å²) in [6.07, 6.45) is 9.60. The van der Waals surface area contributed by atoms with Crippen molar-refractivity contribution in [2.75, 3.05) is 0 Å². The molecule has 0 bridgehead atoms. The van der Waals surface area contributed by atoms with Crippen LogP contribution in [0.1, 0.15) is 66.2 Å². The number of rotatable bonds is 5. The molecule has 2 heteroatoms. The predicted molar refractivity (Wildman–Crippen MR) is 72.6 cm³/mol. The second kappa shape index (κ2) is 4.21. The molecule has 2 saturated heterocycles. The minimum atomic E-state index is 0.159. The van der Waals surface area contributed by atoms with E-state index in [0.29, 0.717) is 23.7 Å². The van der Waals surface area contributed by atoms with E-state index in [9.17, 15) is 0 Å². The summed E-state index contributed by atoms with van der Waals surface area (Å²) in [4.78, 5) is 0. The van der Waals surface area contributed by atoms with E-state index in [1.165, 1.54) is 38.5 Å². The van der Waals surface area contributed by atoms with Crippen LogP contribution in [-0.2, 0) is 9.47 Å². The monoisotopic (exact) mass is 252 g/mol. The van der Waals surface area contributed by atoms with Crippen LogP contribution in [0.15, 0.2) is 0 Å². The fourth-order valence-electron chi connectivity index (χ4n) is 3.91. The zero-order valence-electron chi connectivity index (χ0n) is 12.4. The second-order valence-electron chi connectivity index (χ2n) is 7.48. The van der Waals surface area contributed by atoms with Crippen molar-refractivity contribution >= 4 is 0 Å². The summed E-state index contributed by atoms with van der Waals surface area (Å²) in [7, 11) is 0. The van der Waals surface area contributed by atoms with E-state index < -0.39 is 0 Å². The average Bonchev–Trinajstić information content (AvgIpc) is 3.22. The average molecular weight is 252 g/mol. The Hall–Kier alpha value is -0.0800. The first kappa shape index (κ1) is 12.9. The SMILES string of the molecule is CCC(C)(CCC1OC1(C)C)C1CCC2OC2C1. The summed E-state index contributed by atoms with van der Waals surface area (Å²) in [5.41, 5.74) is 0.658. The first-order valence-corrected chi connectivity index (χ1v) is 7.78. The van der Waals surface area contributed by atoms with Crippen LogP contribution in [0.3, 0.4) is 0 Å². The quantitative estimate of drug-likeness (QED) is 0.693. The van der Waals surface area contributed by atoms with Crippen molar-refractivity contribution in [3.63, 3.8) is 0 Å². The van der Waals surface area contributed by atoms with Crippen molar-refractivity contribution in [1.29, 1.82) is 0 Å². The molecule has 2 heterocycles. The number of epoxide rings is 2. The van der Waals surface area contributed by atoms with Crippen LogP contribution in [0, 0.1) is 11.3 Å². The highest BCUT2D eigenvalue weighted by Gasteiger charge is 2.51. The van der Waals surface area contributed by atoms with Gasteiger partial charge in [0.25, 0.3) is 0 Å². The van der Waals surface area contributed by atoms with Crippen LogP contribution in [0.5, 0.6) is 0 Å². The van der Waals surface area contributed by atoms with Crippen LogP contribution in [0.2, 0.25) is 0 Å². The molecule has 3 fully saturated rings. The molecule has 3 aliphatic rings. The minimum absolute atomic E-state index is 0.159. The maximum absolute atomic E-state index is 5.74. The third kappa shape index (κ3) is 2.34. The third-order valence-electron chi connectivity index (χ3n) is 5.94. The standard InChI is InChI=1S/C16H28O2/c1-5-16(4,9-8-14-15(2,3)18-14)11-6-7-12-13(10-11)17-12/h11-14H,5-10H2,1-4H3. The van der Waals surface area contributed by atoms with Crippen molar-refractivity contribution in [1.82, 2.24) is 0 Å². The fourth-order valence-corrected chi connectivity index (χ4v) is 3.91. The first-order chi connectivity index (χ1) is 8.44. The largest absolute Gasteiger partial charge is 0.370 e. The van der Waals surface area contributed by atoms with Gasteiger partial charge in [0.2, 0.25) is 0 Å². The topological polar surface area (TPSA) is 25.1 Å². The lowest BCUT2D eigenvalue weighted by atomic mass is 9.66. The highest BCUT2D eigenvalue weighted by atomic mass is 16.6. The third-order valence-corrected chi connectivity index (χ3v) is 5.94. The van der Waals surface area contributed by atoms with Gasteiger partial charge in [-0.15, -0.1) is 0 Å². The number of ether oxygens (including phenoxy) is 2. The van der Waals surface area contributed by atoms with Crippen LogP contribution in [0.4, 0.5) is 0 Å². The number of hydrogen-bond acceptors (Lipinski definition) is 2. The lowest BCUT2D eigenvalue weighted by Gasteiger charge is -2.38. The van der Waals surface area contributed by atoms with Crippen LogP contribution in [-0.4, -0.2) is 23.9 Å². The highest BCUT2D eigenvalue weighted by molar-refractivity contribution is 4.99. The van der Waals surface area contributed by atoms with E-state index in [0.717, 1.165) is 5.92 Å². The Kier molecular flexibility index (Phi) is 3.02. The maximum atomic E-state index is 5.74. The smallest absolute Gasteiger partial charge is 0.0892 e. The molecule has 0 radical (unpaired) electrons. The summed E-state index contributed by atoms with van der Waals surface area (Å²) in [5.74, 6) is 0.869. The molecule has 0 amide bonds. The summed E-state index contributed by atoms with van der Waals surface area (Å²) < 4.78 is 11.4. The molecule has 2 nitrogen and oxygen atoms in total. The molecule has 5 unspecified atom stereocenters. The molecule has 0 aromatic rings. The molecular formula is C16H28O2. The van der Waals surface area contributed by atoms with Crippen LogP contribution < -0.4 is 0 Å². The zero-order chi connectivity index (χ0) is 13.0. The molecule has 3 rings (SSSR count). The van der Waals surface area contributed by atoms with Gasteiger partial charge in [0, 0.05) is 0 Å². The summed E-state index contributed by atoms with van der Waals surface area (Å²) in [6, 6.07) is 0. The van der Waals surface area contributed by atoms with Crippen molar-refractivity contribution in [3.05, 3.63) is 0 Å².